The average Bonchev–Trinajstić information content (AvgIpc) is 2.77. The molecule has 20 heavy (non-hydrogen) atoms. The van der Waals surface area contributed by atoms with Crippen molar-refractivity contribution >= 4 is 33.0 Å². The third-order valence-electron chi connectivity index (χ3n) is 3.41. The van der Waals surface area contributed by atoms with Gasteiger partial charge in [-0.25, -0.2) is 0 Å². The van der Waals surface area contributed by atoms with Crippen molar-refractivity contribution in [3.63, 3.8) is 0 Å². The van der Waals surface area contributed by atoms with Crippen LogP contribution in [0.15, 0.2) is 30.9 Å². The third kappa shape index (κ3) is 2.04. The van der Waals surface area contributed by atoms with Gasteiger partial charge in [0.1, 0.15) is 10.6 Å². The Kier molecular flexibility index (Phi) is 3.36. The minimum Gasteiger partial charge on any atom is -0.497 e. The first-order valence-corrected chi connectivity index (χ1v) is 7.31. The van der Waals surface area contributed by atoms with Crippen LogP contribution in [-0.2, 0) is 0 Å². The first-order valence-electron chi connectivity index (χ1n) is 6.49. The number of rotatable bonds is 3. The molecule has 4 nitrogen and oxygen atoms in total. The van der Waals surface area contributed by atoms with E-state index in [4.69, 9.17) is 4.74 Å². The van der Waals surface area contributed by atoms with Crippen LogP contribution in [0.1, 0.15) is 9.67 Å². The fourth-order valence-corrected chi connectivity index (χ4v) is 3.62. The topological polar surface area (TPSA) is 41.6 Å². The summed E-state index contributed by atoms with van der Waals surface area (Å²) >= 11 is 1.53. The number of nitrogens with zero attached hydrogens (tertiary/aromatic N) is 1. The lowest BCUT2D eigenvalue weighted by atomic mass is 10.2. The molecule has 0 fully saturated rings. The Hall–Kier alpha value is -2.01. The monoisotopic (exact) mass is 288 g/mol. The molecule has 0 saturated carbocycles. The summed E-state index contributed by atoms with van der Waals surface area (Å²) < 4.78 is 6.40. The summed E-state index contributed by atoms with van der Waals surface area (Å²) in [4.78, 5) is 15.2. The lowest BCUT2D eigenvalue weighted by Gasteiger charge is -2.21. The molecule has 0 spiro atoms. The van der Waals surface area contributed by atoms with Crippen molar-refractivity contribution in [2.24, 2.45) is 0 Å². The molecular weight excluding hydrogens is 272 g/mol. The van der Waals surface area contributed by atoms with Crippen molar-refractivity contribution in [3.05, 3.63) is 35.7 Å². The molecule has 0 unspecified atom stereocenters. The van der Waals surface area contributed by atoms with Gasteiger partial charge in [0.2, 0.25) is 0 Å². The highest BCUT2D eigenvalue weighted by atomic mass is 32.1. The fourth-order valence-electron chi connectivity index (χ4n) is 2.49. The molecule has 0 radical (unpaired) electrons. The van der Waals surface area contributed by atoms with Gasteiger partial charge >= 0.3 is 0 Å². The molecule has 1 amide bonds. The number of carbonyl (C=O) groups is 1. The lowest BCUT2D eigenvalue weighted by molar-refractivity contribution is 0.0962. The Bertz CT molecular complexity index is 678. The Morgan fingerprint density at radius 3 is 3.15 bits per heavy atom. The summed E-state index contributed by atoms with van der Waals surface area (Å²) in [5.74, 6) is 0.813. The number of methoxy groups -OCH3 is 1. The number of thiophene rings is 1. The van der Waals surface area contributed by atoms with Crippen molar-refractivity contribution < 1.29 is 9.53 Å². The number of amides is 1. The Morgan fingerprint density at radius 2 is 2.40 bits per heavy atom. The summed E-state index contributed by atoms with van der Waals surface area (Å²) in [7, 11) is 1.65. The molecule has 104 valence electrons. The molecule has 2 aromatic rings. The molecule has 5 heteroatoms. The van der Waals surface area contributed by atoms with Gasteiger partial charge in [0.05, 0.1) is 12.8 Å². The van der Waals surface area contributed by atoms with Crippen LogP contribution in [0, 0.1) is 0 Å². The summed E-state index contributed by atoms with van der Waals surface area (Å²) in [6.45, 7) is 5.97. The van der Waals surface area contributed by atoms with Crippen molar-refractivity contribution in [1.29, 1.82) is 0 Å². The fraction of sp³-hybridized carbons (Fsp3) is 0.267. The highest BCUT2D eigenvalue weighted by Crippen LogP contribution is 2.40. The number of benzene rings is 1. The molecule has 2 heterocycles. The molecule has 0 aliphatic carbocycles. The quantitative estimate of drug-likeness (QED) is 0.883. The highest BCUT2D eigenvalue weighted by Gasteiger charge is 2.25. The minimum atomic E-state index is 0.00623. The predicted octanol–water partition coefficient (Wildman–Crippen LogP) is 2.65. The standard InChI is InChI=1S/C15H16N2O2S/c1-3-7-17-8-6-16-15(18)14-13(17)11-9-10(19-2)4-5-12(11)20-14/h3-5,9H,1,6-8H2,2H3,(H,16,18). The van der Waals surface area contributed by atoms with Gasteiger partial charge in [-0.1, -0.05) is 6.08 Å². The number of carbonyl (C=O) groups excluding carboxylic acids is 1. The van der Waals surface area contributed by atoms with Crippen LogP contribution in [0.5, 0.6) is 5.75 Å². The lowest BCUT2D eigenvalue weighted by Crippen LogP contribution is -2.30. The van der Waals surface area contributed by atoms with Crippen LogP contribution in [-0.4, -0.2) is 32.7 Å². The maximum Gasteiger partial charge on any atom is 0.263 e. The Morgan fingerprint density at radius 1 is 1.55 bits per heavy atom. The van der Waals surface area contributed by atoms with Gasteiger partial charge in [0.25, 0.3) is 5.91 Å². The predicted molar refractivity (Wildman–Crippen MR) is 83.1 cm³/mol. The number of hydrogen-bond acceptors (Lipinski definition) is 4. The zero-order valence-corrected chi connectivity index (χ0v) is 12.1. The van der Waals surface area contributed by atoms with E-state index in [1.165, 1.54) is 11.3 Å². The van der Waals surface area contributed by atoms with E-state index in [1.54, 1.807) is 7.11 Å². The van der Waals surface area contributed by atoms with E-state index in [1.807, 2.05) is 24.3 Å². The third-order valence-corrected chi connectivity index (χ3v) is 4.57. The number of nitrogens with one attached hydrogen (secondary N) is 1. The highest BCUT2D eigenvalue weighted by molar-refractivity contribution is 7.21. The molecule has 1 aromatic carbocycles. The maximum atomic E-state index is 12.2. The van der Waals surface area contributed by atoms with Crippen LogP contribution < -0.4 is 15.0 Å². The van der Waals surface area contributed by atoms with Crippen molar-refractivity contribution in [2.75, 3.05) is 31.6 Å². The molecule has 0 saturated heterocycles. The number of ether oxygens (including phenoxy) is 1. The van der Waals surface area contributed by atoms with E-state index in [2.05, 4.69) is 16.8 Å². The van der Waals surface area contributed by atoms with E-state index < -0.39 is 0 Å². The normalized spacial score (nSPS) is 14.7. The van der Waals surface area contributed by atoms with E-state index in [0.717, 1.165) is 39.5 Å². The van der Waals surface area contributed by atoms with Crippen LogP contribution in [0.4, 0.5) is 5.69 Å². The van der Waals surface area contributed by atoms with Gasteiger partial charge in [-0.3, -0.25) is 4.79 Å². The summed E-state index contributed by atoms with van der Waals surface area (Å²) in [5, 5.41) is 4.02. The van der Waals surface area contributed by atoms with Gasteiger partial charge in [0.15, 0.2) is 0 Å². The summed E-state index contributed by atoms with van der Waals surface area (Å²) in [6, 6.07) is 5.93. The van der Waals surface area contributed by atoms with Gasteiger partial charge in [-0.2, -0.15) is 0 Å². The van der Waals surface area contributed by atoms with Gasteiger partial charge in [-0.15, -0.1) is 17.9 Å². The van der Waals surface area contributed by atoms with E-state index in [0.29, 0.717) is 6.54 Å². The Labute approximate surface area is 121 Å². The van der Waals surface area contributed by atoms with E-state index in [-0.39, 0.29) is 5.91 Å². The molecule has 0 atom stereocenters. The first kappa shape index (κ1) is 13.0. The molecule has 1 N–H and O–H groups in total. The summed E-state index contributed by atoms with van der Waals surface area (Å²) in [5.41, 5.74) is 0.999. The number of fused-ring (bicyclic) bond motifs is 3. The smallest absolute Gasteiger partial charge is 0.263 e. The molecule has 1 aliphatic rings. The van der Waals surface area contributed by atoms with E-state index in [9.17, 15) is 4.79 Å². The van der Waals surface area contributed by atoms with Crippen LogP contribution in [0.25, 0.3) is 10.1 Å². The summed E-state index contributed by atoms with van der Waals surface area (Å²) in [6.07, 6.45) is 1.86. The Balaban J connectivity index is 2.24. The molecular formula is C15H16N2O2S. The number of anilines is 1. The van der Waals surface area contributed by atoms with Gasteiger partial charge in [-0.05, 0) is 18.2 Å². The average molecular weight is 288 g/mol. The molecule has 3 rings (SSSR count). The largest absolute Gasteiger partial charge is 0.497 e. The van der Waals surface area contributed by atoms with Crippen molar-refractivity contribution in [2.45, 2.75) is 0 Å². The second-order valence-corrected chi connectivity index (χ2v) is 5.68. The van der Waals surface area contributed by atoms with Crippen LogP contribution >= 0.6 is 11.3 Å². The van der Waals surface area contributed by atoms with E-state index >= 15 is 0 Å². The zero-order chi connectivity index (χ0) is 14.1. The molecule has 0 bridgehead atoms. The van der Waals surface area contributed by atoms with Gasteiger partial charge in [0, 0.05) is 29.7 Å². The second-order valence-electron chi connectivity index (χ2n) is 4.63. The second kappa shape index (κ2) is 5.17. The molecule has 1 aliphatic heterocycles. The molecule has 1 aromatic heterocycles. The zero-order valence-electron chi connectivity index (χ0n) is 11.3. The van der Waals surface area contributed by atoms with Gasteiger partial charge < -0.3 is 15.0 Å². The maximum absolute atomic E-state index is 12.2. The minimum absolute atomic E-state index is 0.00623. The number of hydrogen-bond donors (Lipinski definition) is 1. The SMILES string of the molecule is C=CCN1CCNC(=O)c2sc3ccc(OC)cc3c21. The van der Waals surface area contributed by atoms with Crippen LogP contribution in [0.3, 0.4) is 0 Å². The van der Waals surface area contributed by atoms with Crippen molar-refractivity contribution in [1.82, 2.24) is 5.32 Å². The first-order chi connectivity index (χ1) is 9.74. The van der Waals surface area contributed by atoms with Crippen molar-refractivity contribution in [3.8, 4) is 5.75 Å². The van der Waals surface area contributed by atoms with Crippen LogP contribution in [0.2, 0.25) is 0 Å².